The number of thiophene rings is 1. The molecule has 0 N–H and O–H groups in total. The van der Waals surface area contributed by atoms with Gasteiger partial charge in [0.25, 0.3) is 11.1 Å². The second-order valence-corrected chi connectivity index (χ2v) is 5.80. The lowest BCUT2D eigenvalue weighted by molar-refractivity contribution is 0.102. The van der Waals surface area contributed by atoms with Crippen molar-refractivity contribution in [2.45, 2.75) is 5.22 Å². The van der Waals surface area contributed by atoms with Crippen LogP contribution in [0, 0.1) is 0 Å². The molecule has 0 radical (unpaired) electrons. The summed E-state index contributed by atoms with van der Waals surface area (Å²) < 4.78 is 5.51. The molecule has 0 amide bonds. The van der Waals surface area contributed by atoms with E-state index in [1.54, 1.807) is 12.1 Å². The fraction of sp³-hybridized carbons (Fsp3) is 0.0714. The SMILES string of the molecule is O=C(CSc1nnc(-c2cccs2)o1)c1ccccc1. The summed E-state index contributed by atoms with van der Waals surface area (Å²) in [5.41, 5.74) is 0.693. The van der Waals surface area contributed by atoms with Crippen LogP contribution in [-0.2, 0) is 0 Å². The van der Waals surface area contributed by atoms with Crippen LogP contribution in [0.3, 0.4) is 0 Å². The van der Waals surface area contributed by atoms with Gasteiger partial charge in [-0.3, -0.25) is 4.79 Å². The molecule has 0 aliphatic carbocycles. The molecule has 0 saturated carbocycles. The van der Waals surface area contributed by atoms with E-state index >= 15 is 0 Å². The van der Waals surface area contributed by atoms with Gasteiger partial charge in [-0.2, -0.15) is 0 Å². The first-order valence-corrected chi connectivity index (χ1v) is 7.78. The number of rotatable bonds is 5. The maximum absolute atomic E-state index is 11.9. The van der Waals surface area contributed by atoms with Gasteiger partial charge in [0.15, 0.2) is 5.78 Å². The third-order valence-corrected chi connectivity index (χ3v) is 4.24. The van der Waals surface area contributed by atoms with Gasteiger partial charge < -0.3 is 4.42 Å². The fourth-order valence-electron chi connectivity index (χ4n) is 1.60. The molecule has 4 nitrogen and oxygen atoms in total. The summed E-state index contributed by atoms with van der Waals surface area (Å²) in [7, 11) is 0. The first-order valence-electron chi connectivity index (χ1n) is 5.91. The Hall–Kier alpha value is -1.92. The van der Waals surface area contributed by atoms with Crippen molar-refractivity contribution < 1.29 is 9.21 Å². The van der Waals surface area contributed by atoms with Crippen molar-refractivity contribution in [3.63, 3.8) is 0 Å². The number of carbonyl (C=O) groups excluding carboxylic acids is 1. The van der Waals surface area contributed by atoms with Crippen LogP contribution < -0.4 is 0 Å². The summed E-state index contributed by atoms with van der Waals surface area (Å²) in [6.07, 6.45) is 0. The number of nitrogens with zero attached hydrogens (tertiary/aromatic N) is 2. The van der Waals surface area contributed by atoms with Crippen LogP contribution in [-0.4, -0.2) is 21.7 Å². The number of aromatic nitrogens is 2. The molecule has 0 aliphatic rings. The average molecular weight is 302 g/mol. The Morgan fingerprint density at radius 3 is 2.75 bits per heavy atom. The number of ketones is 1. The van der Waals surface area contributed by atoms with Crippen molar-refractivity contribution in [2.75, 3.05) is 5.75 Å². The van der Waals surface area contributed by atoms with Gasteiger partial charge in [0.2, 0.25) is 0 Å². The van der Waals surface area contributed by atoms with Gasteiger partial charge in [0.1, 0.15) is 0 Å². The van der Waals surface area contributed by atoms with Crippen LogP contribution in [0.15, 0.2) is 57.5 Å². The van der Waals surface area contributed by atoms with Gasteiger partial charge in [-0.15, -0.1) is 21.5 Å². The van der Waals surface area contributed by atoms with Crippen LogP contribution in [0.5, 0.6) is 0 Å². The van der Waals surface area contributed by atoms with Gasteiger partial charge in [-0.25, -0.2) is 0 Å². The molecule has 0 aliphatic heterocycles. The lowest BCUT2D eigenvalue weighted by atomic mass is 10.2. The number of thioether (sulfide) groups is 1. The van der Waals surface area contributed by atoms with Gasteiger partial charge in [-0.1, -0.05) is 48.2 Å². The highest BCUT2D eigenvalue weighted by Gasteiger charge is 2.12. The number of benzene rings is 1. The first-order chi connectivity index (χ1) is 9.83. The molecule has 3 rings (SSSR count). The largest absolute Gasteiger partial charge is 0.410 e. The summed E-state index contributed by atoms with van der Waals surface area (Å²) in [6, 6.07) is 13.0. The first kappa shape index (κ1) is 13.1. The zero-order valence-corrected chi connectivity index (χ0v) is 12.0. The molecule has 0 atom stereocenters. The minimum Gasteiger partial charge on any atom is -0.410 e. The predicted molar refractivity (Wildman–Crippen MR) is 79.1 cm³/mol. The van der Waals surface area contributed by atoms with Crippen LogP contribution in [0.25, 0.3) is 10.8 Å². The Kier molecular flexibility index (Phi) is 3.94. The van der Waals surface area contributed by atoms with E-state index in [4.69, 9.17) is 4.42 Å². The molecule has 0 unspecified atom stereocenters. The van der Waals surface area contributed by atoms with E-state index in [1.807, 2.05) is 35.7 Å². The van der Waals surface area contributed by atoms with Crippen molar-refractivity contribution in [1.82, 2.24) is 10.2 Å². The zero-order chi connectivity index (χ0) is 13.8. The Morgan fingerprint density at radius 1 is 1.15 bits per heavy atom. The van der Waals surface area contributed by atoms with Crippen molar-refractivity contribution in [3.8, 4) is 10.8 Å². The third kappa shape index (κ3) is 2.97. The van der Waals surface area contributed by atoms with E-state index in [0.29, 0.717) is 16.7 Å². The highest BCUT2D eigenvalue weighted by atomic mass is 32.2. The number of hydrogen-bond acceptors (Lipinski definition) is 6. The number of Topliss-reactive ketones (excluding diaryl/α,β-unsaturated/α-hetero) is 1. The molecular weight excluding hydrogens is 292 g/mol. The molecule has 100 valence electrons. The fourth-order valence-corrected chi connectivity index (χ4v) is 2.90. The third-order valence-electron chi connectivity index (χ3n) is 2.56. The average Bonchev–Trinajstić information content (AvgIpc) is 3.16. The Bertz CT molecular complexity index is 693. The predicted octanol–water partition coefficient (Wildman–Crippen LogP) is 3.77. The molecule has 0 spiro atoms. The van der Waals surface area contributed by atoms with Crippen molar-refractivity contribution in [3.05, 3.63) is 53.4 Å². The topological polar surface area (TPSA) is 56.0 Å². The maximum Gasteiger partial charge on any atom is 0.277 e. The van der Waals surface area contributed by atoms with Gasteiger partial charge in [-0.05, 0) is 11.4 Å². The summed E-state index contributed by atoms with van der Waals surface area (Å²) >= 11 is 2.79. The molecule has 0 fully saturated rings. The van der Waals surface area contributed by atoms with E-state index in [2.05, 4.69) is 10.2 Å². The molecule has 0 saturated heterocycles. The van der Waals surface area contributed by atoms with Gasteiger partial charge in [0.05, 0.1) is 10.6 Å². The smallest absolute Gasteiger partial charge is 0.277 e. The van der Waals surface area contributed by atoms with E-state index in [9.17, 15) is 4.79 Å². The molecule has 2 heterocycles. The van der Waals surface area contributed by atoms with E-state index in [0.717, 1.165) is 4.88 Å². The number of hydrogen-bond donors (Lipinski definition) is 0. The summed E-state index contributed by atoms with van der Waals surface area (Å²) in [5.74, 6) is 0.831. The second kappa shape index (κ2) is 6.02. The maximum atomic E-state index is 11.9. The molecule has 20 heavy (non-hydrogen) atoms. The second-order valence-electron chi connectivity index (χ2n) is 3.93. The molecule has 6 heteroatoms. The highest BCUT2D eigenvalue weighted by Crippen LogP contribution is 2.26. The minimum absolute atomic E-state index is 0.0477. The van der Waals surface area contributed by atoms with E-state index < -0.39 is 0 Å². The van der Waals surface area contributed by atoms with Crippen LogP contribution in [0.2, 0.25) is 0 Å². The molecular formula is C14H10N2O2S2. The van der Waals surface area contributed by atoms with Crippen molar-refractivity contribution in [1.29, 1.82) is 0 Å². The highest BCUT2D eigenvalue weighted by molar-refractivity contribution is 7.99. The lowest BCUT2D eigenvalue weighted by Crippen LogP contribution is -2.01. The zero-order valence-electron chi connectivity index (χ0n) is 10.4. The molecule has 0 bridgehead atoms. The van der Waals surface area contributed by atoms with E-state index in [1.165, 1.54) is 23.1 Å². The molecule has 3 aromatic rings. The van der Waals surface area contributed by atoms with Gasteiger partial charge >= 0.3 is 0 Å². The van der Waals surface area contributed by atoms with Crippen molar-refractivity contribution >= 4 is 28.9 Å². The molecule has 1 aromatic carbocycles. The van der Waals surface area contributed by atoms with Crippen LogP contribution in [0.4, 0.5) is 0 Å². The number of carbonyl (C=O) groups is 1. The minimum atomic E-state index is 0.0477. The Morgan fingerprint density at radius 2 is 2.00 bits per heavy atom. The lowest BCUT2D eigenvalue weighted by Gasteiger charge is -1.97. The Labute approximate surface area is 123 Å². The van der Waals surface area contributed by atoms with Gasteiger partial charge in [0, 0.05) is 5.56 Å². The standard InChI is InChI=1S/C14H10N2O2S2/c17-11(10-5-2-1-3-6-10)9-20-14-16-15-13(18-14)12-7-4-8-19-12/h1-8H,9H2. The quantitative estimate of drug-likeness (QED) is 0.530. The summed E-state index contributed by atoms with van der Waals surface area (Å²) in [6.45, 7) is 0. The summed E-state index contributed by atoms with van der Waals surface area (Å²) in [5, 5.41) is 10.3. The van der Waals surface area contributed by atoms with Crippen molar-refractivity contribution in [2.24, 2.45) is 0 Å². The van der Waals surface area contributed by atoms with Crippen LogP contribution in [0.1, 0.15) is 10.4 Å². The van der Waals surface area contributed by atoms with Crippen LogP contribution >= 0.6 is 23.1 Å². The molecule has 2 aromatic heterocycles. The Balaban J connectivity index is 1.63. The summed E-state index contributed by atoms with van der Waals surface area (Å²) in [4.78, 5) is 12.9. The van der Waals surface area contributed by atoms with E-state index in [-0.39, 0.29) is 11.5 Å². The monoisotopic (exact) mass is 302 g/mol. The normalized spacial score (nSPS) is 10.6.